The lowest BCUT2D eigenvalue weighted by Gasteiger charge is -2.18. The SMILES string of the molecule is CCCCCCCCCCCCCCCC(=O)N(c1nn[nH]n1)S(=O)(=O)CCCC(=O)O. The van der Waals surface area contributed by atoms with Crippen LogP contribution >= 0.6 is 0 Å². The van der Waals surface area contributed by atoms with Gasteiger partial charge in [0.1, 0.15) is 0 Å². The summed E-state index contributed by atoms with van der Waals surface area (Å²) in [7, 11) is -4.07. The Morgan fingerprint density at radius 3 is 1.84 bits per heavy atom. The minimum atomic E-state index is -4.07. The predicted molar refractivity (Wildman–Crippen MR) is 123 cm³/mol. The number of amides is 1. The minimum absolute atomic E-state index is 0.0600. The number of aromatic nitrogens is 4. The molecule has 0 aromatic carbocycles. The van der Waals surface area contributed by atoms with Gasteiger partial charge < -0.3 is 5.11 Å². The third-order valence-electron chi connectivity index (χ3n) is 5.31. The summed E-state index contributed by atoms with van der Waals surface area (Å²) in [6.07, 6.45) is 14.9. The van der Waals surface area contributed by atoms with Gasteiger partial charge in [-0.05, 0) is 18.1 Å². The van der Waals surface area contributed by atoms with Gasteiger partial charge in [-0.2, -0.15) is 9.52 Å². The fourth-order valence-corrected chi connectivity index (χ4v) is 4.95. The molecule has 0 atom stereocenters. The van der Waals surface area contributed by atoms with E-state index in [9.17, 15) is 18.0 Å². The van der Waals surface area contributed by atoms with E-state index < -0.39 is 27.7 Å². The molecule has 1 aromatic rings. The molecule has 0 radical (unpaired) electrons. The third kappa shape index (κ3) is 12.1. The number of rotatable bonds is 20. The molecule has 0 bridgehead atoms. The molecule has 0 spiro atoms. The molecule has 0 aliphatic carbocycles. The van der Waals surface area contributed by atoms with E-state index in [0.29, 0.717) is 10.7 Å². The summed E-state index contributed by atoms with van der Waals surface area (Å²) in [5, 5.41) is 21.4. The van der Waals surface area contributed by atoms with Crippen molar-refractivity contribution in [1.82, 2.24) is 20.6 Å². The number of carboxylic acids is 1. The number of hydrogen-bond donors (Lipinski definition) is 2. The number of nitrogens with zero attached hydrogens (tertiary/aromatic N) is 4. The second kappa shape index (κ2) is 16.6. The van der Waals surface area contributed by atoms with E-state index >= 15 is 0 Å². The Morgan fingerprint density at radius 2 is 1.38 bits per heavy atom. The molecule has 0 aliphatic heterocycles. The van der Waals surface area contributed by atoms with Crippen molar-refractivity contribution in [3.8, 4) is 0 Å². The summed E-state index contributed by atoms with van der Waals surface area (Å²) in [5.41, 5.74) is 0. The molecule has 1 heterocycles. The predicted octanol–water partition coefficient (Wildman–Crippen LogP) is 4.21. The van der Waals surface area contributed by atoms with Gasteiger partial charge in [0, 0.05) is 12.8 Å². The Labute approximate surface area is 191 Å². The van der Waals surface area contributed by atoms with Crippen molar-refractivity contribution in [2.24, 2.45) is 0 Å². The van der Waals surface area contributed by atoms with Crippen LogP contribution in [0.15, 0.2) is 0 Å². The van der Waals surface area contributed by atoms with Crippen molar-refractivity contribution in [3.05, 3.63) is 0 Å². The van der Waals surface area contributed by atoms with Gasteiger partial charge in [0.25, 0.3) is 5.95 Å². The molecule has 1 amide bonds. The molecule has 0 saturated carbocycles. The zero-order valence-electron chi connectivity index (χ0n) is 19.3. The van der Waals surface area contributed by atoms with E-state index in [-0.39, 0.29) is 25.2 Å². The number of nitrogens with one attached hydrogen (secondary N) is 1. The number of H-pyrrole nitrogens is 1. The smallest absolute Gasteiger partial charge is 0.303 e. The van der Waals surface area contributed by atoms with E-state index in [2.05, 4.69) is 27.5 Å². The number of carbonyl (C=O) groups excluding carboxylic acids is 1. The van der Waals surface area contributed by atoms with Crippen LogP contribution < -0.4 is 4.31 Å². The second-order valence-electron chi connectivity index (χ2n) is 8.18. The highest BCUT2D eigenvalue weighted by molar-refractivity contribution is 7.93. The zero-order chi connectivity index (χ0) is 23.7. The van der Waals surface area contributed by atoms with Crippen LogP contribution in [0.25, 0.3) is 0 Å². The fraction of sp³-hybridized carbons (Fsp3) is 0.857. The molecule has 10 nitrogen and oxygen atoms in total. The second-order valence-corrected chi connectivity index (χ2v) is 10.1. The quantitative estimate of drug-likeness (QED) is 0.268. The van der Waals surface area contributed by atoms with Crippen LogP contribution in [0.1, 0.15) is 110 Å². The average Bonchev–Trinajstić information content (AvgIpc) is 3.24. The van der Waals surface area contributed by atoms with E-state index in [0.717, 1.165) is 19.3 Å². The first-order valence-corrected chi connectivity index (χ1v) is 13.5. The van der Waals surface area contributed by atoms with Gasteiger partial charge >= 0.3 is 5.97 Å². The fourth-order valence-electron chi connectivity index (χ4n) is 3.53. The summed E-state index contributed by atoms with van der Waals surface area (Å²) >= 11 is 0. The standard InChI is InChI=1S/C21H39N5O5S/c1-2-3-4-5-6-7-8-9-10-11-12-13-14-16-19(27)26(21-22-24-25-23-21)32(30,31)18-15-17-20(28)29/h2-18H2,1H3,(H,28,29)(H,22,23,24,25). The maximum absolute atomic E-state index is 12.6. The van der Waals surface area contributed by atoms with Crippen LogP contribution in [-0.4, -0.2) is 51.8 Å². The Morgan fingerprint density at radius 1 is 0.844 bits per heavy atom. The number of aliphatic carboxylic acids is 1. The Kier molecular flexibility index (Phi) is 14.5. The first-order chi connectivity index (χ1) is 15.4. The number of anilines is 1. The van der Waals surface area contributed by atoms with Gasteiger partial charge in [0.05, 0.1) is 5.75 Å². The number of aromatic amines is 1. The summed E-state index contributed by atoms with van der Waals surface area (Å²) < 4.78 is 25.7. The van der Waals surface area contributed by atoms with Crippen molar-refractivity contribution in [2.45, 2.75) is 110 Å². The molecule has 1 aromatic heterocycles. The maximum atomic E-state index is 12.6. The Hall–Kier alpha value is -2.04. The number of hydrogen-bond acceptors (Lipinski definition) is 7. The van der Waals surface area contributed by atoms with Crippen LogP contribution in [0.2, 0.25) is 0 Å². The molecule has 184 valence electrons. The number of carboxylic acid groups (broad SMARTS) is 1. The number of unbranched alkanes of at least 4 members (excludes halogenated alkanes) is 12. The first kappa shape index (κ1) is 28.0. The Bertz CT molecular complexity index is 740. The van der Waals surface area contributed by atoms with Gasteiger partial charge in [0.2, 0.25) is 15.9 Å². The number of carbonyl (C=O) groups is 2. The molecule has 0 fully saturated rings. The summed E-state index contributed by atoms with van der Waals surface area (Å²) in [4.78, 5) is 23.2. The van der Waals surface area contributed by atoms with Crippen LogP contribution in [-0.2, 0) is 19.6 Å². The maximum Gasteiger partial charge on any atom is 0.303 e. The van der Waals surface area contributed by atoms with E-state index in [1.807, 2.05) is 0 Å². The first-order valence-electron chi connectivity index (χ1n) is 11.9. The lowest BCUT2D eigenvalue weighted by molar-refractivity contribution is -0.137. The lowest BCUT2D eigenvalue weighted by atomic mass is 10.0. The molecular formula is C21H39N5O5S. The molecule has 2 N–H and O–H groups in total. The van der Waals surface area contributed by atoms with E-state index in [1.54, 1.807) is 0 Å². The molecule has 11 heteroatoms. The topological polar surface area (TPSA) is 146 Å². The van der Waals surface area contributed by atoms with Gasteiger partial charge in [-0.25, -0.2) is 8.42 Å². The molecular weight excluding hydrogens is 434 g/mol. The van der Waals surface area contributed by atoms with Crippen LogP contribution in [0, 0.1) is 0 Å². The van der Waals surface area contributed by atoms with Crippen molar-refractivity contribution >= 4 is 27.8 Å². The number of sulfonamides is 1. The van der Waals surface area contributed by atoms with Crippen molar-refractivity contribution in [3.63, 3.8) is 0 Å². The zero-order valence-corrected chi connectivity index (χ0v) is 20.1. The summed E-state index contributed by atoms with van der Waals surface area (Å²) in [6.45, 7) is 2.23. The van der Waals surface area contributed by atoms with Gasteiger partial charge in [-0.1, -0.05) is 89.1 Å². The molecule has 0 aliphatic rings. The summed E-state index contributed by atoms with van der Waals surface area (Å²) in [6, 6.07) is 0. The lowest BCUT2D eigenvalue weighted by Crippen LogP contribution is -2.39. The van der Waals surface area contributed by atoms with Gasteiger partial charge in [-0.3, -0.25) is 9.59 Å². The highest BCUT2D eigenvalue weighted by Gasteiger charge is 2.31. The van der Waals surface area contributed by atoms with Gasteiger partial charge in [0.15, 0.2) is 0 Å². The average molecular weight is 474 g/mol. The Balaban J connectivity index is 2.27. The monoisotopic (exact) mass is 473 g/mol. The van der Waals surface area contributed by atoms with Crippen LogP contribution in [0.3, 0.4) is 0 Å². The minimum Gasteiger partial charge on any atom is -0.481 e. The van der Waals surface area contributed by atoms with E-state index in [4.69, 9.17) is 5.11 Å². The molecule has 32 heavy (non-hydrogen) atoms. The molecule has 0 unspecified atom stereocenters. The largest absolute Gasteiger partial charge is 0.481 e. The third-order valence-corrected chi connectivity index (χ3v) is 7.04. The highest BCUT2D eigenvalue weighted by Crippen LogP contribution is 2.17. The van der Waals surface area contributed by atoms with Crippen molar-refractivity contribution in [1.29, 1.82) is 0 Å². The van der Waals surface area contributed by atoms with Crippen molar-refractivity contribution < 1.29 is 23.1 Å². The molecule has 0 saturated heterocycles. The van der Waals surface area contributed by atoms with Crippen LogP contribution in [0.4, 0.5) is 5.95 Å². The highest BCUT2D eigenvalue weighted by atomic mass is 32.2. The van der Waals surface area contributed by atoms with Crippen molar-refractivity contribution in [2.75, 3.05) is 10.1 Å². The van der Waals surface area contributed by atoms with E-state index in [1.165, 1.54) is 57.8 Å². The van der Waals surface area contributed by atoms with Gasteiger partial charge in [-0.15, -0.1) is 5.10 Å². The van der Waals surface area contributed by atoms with Crippen LogP contribution in [0.5, 0.6) is 0 Å². The molecule has 1 rings (SSSR count). The summed E-state index contributed by atoms with van der Waals surface area (Å²) in [5.74, 6) is -2.52. The normalized spacial score (nSPS) is 11.5. The number of tetrazole rings is 1.